The fraction of sp³-hybridized carbons (Fsp3) is 0.429. The number of nitrogens with one attached hydrogen (secondary N) is 1. The van der Waals surface area contributed by atoms with Crippen molar-refractivity contribution in [1.29, 1.82) is 0 Å². The molecule has 4 rings (SSSR count). The lowest BCUT2D eigenvalue weighted by atomic mass is 9.95. The van der Waals surface area contributed by atoms with Crippen molar-refractivity contribution in [2.75, 3.05) is 38.0 Å². The van der Waals surface area contributed by atoms with Crippen molar-refractivity contribution in [3.8, 4) is 0 Å². The highest BCUT2D eigenvalue weighted by Gasteiger charge is 2.27. The Bertz CT molecular complexity index is 857. The van der Waals surface area contributed by atoms with E-state index >= 15 is 0 Å². The van der Waals surface area contributed by atoms with Crippen LogP contribution in [-0.4, -0.2) is 54.3 Å². The number of carbonyl (C=O) groups is 2. The molecule has 7 heteroatoms. The normalized spacial score (nSPS) is 17.2. The number of benzene rings is 1. The zero-order valence-electron chi connectivity index (χ0n) is 15.7. The number of rotatable bonds is 4. The third kappa shape index (κ3) is 4.25. The largest absolute Gasteiger partial charge is 0.336 e. The van der Waals surface area contributed by atoms with Gasteiger partial charge >= 0.3 is 0 Å². The number of piperazine rings is 1. The van der Waals surface area contributed by atoms with Crippen LogP contribution in [0.1, 0.15) is 33.6 Å². The molecule has 1 aromatic carbocycles. The van der Waals surface area contributed by atoms with E-state index in [4.69, 9.17) is 0 Å². The molecule has 0 unspecified atom stereocenters. The third-order valence-electron chi connectivity index (χ3n) is 5.45. The fourth-order valence-corrected chi connectivity index (χ4v) is 5.01. The van der Waals surface area contributed by atoms with Crippen molar-refractivity contribution in [1.82, 2.24) is 9.80 Å². The van der Waals surface area contributed by atoms with Crippen molar-refractivity contribution < 1.29 is 14.0 Å². The predicted octanol–water partition coefficient (Wildman–Crippen LogP) is 3.16. The average molecular weight is 402 g/mol. The van der Waals surface area contributed by atoms with Crippen molar-refractivity contribution in [3.63, 3.8) is 0 Å². The van der Waals surface area contributed by atoms with Gasteiger partial charge in [0.15, 0.2) is 0 Å². The summed E-state index contributed by atoms with van der Waals surface area (Å²) in [5.41, 5.74) is 2.74. The van der Waals surface area contributed by atoms with Crippen LogP contribution < -0.4 is 5.32 Å². The molecule has 1 saturated heterocycles. The molecule has 1 aliphatic heterocycles. The molecular formula is C21H24FN3O2S. The molecule has 2 amide bonds. The lowest BCUT2D eigenvalue weighted by Gasteiger charge is -2.34. The summed E-state index contributed by atoms with van der Waals surface area (Å²) in [6, 6.07) is 5.74. The molecule has 0 radical (unpaired) electrons. The number of hydrogen-bond donors (Lipinski definition) is 1. The number of fused-ring (bicyclic) bond motifs is 1. The zero-order valence-corrected chi connectivity index (χ0v) is 16.6. The quantitative estimate of drug-likeness (QED) is 0.856. The number of aryl methyl sites for hydroxylation is 1. The second-order valence-corrected chi connectivity index (χ2v) is 8.35. The molecule has 2 aliphatic rings. The highest BCUT2D eigenvalue weighted by atomic mass is 32.1. The molecule has 148 valence electrons. The smallest absolute Gasteiger partial charge is 0.255 e. The third-order valence-corrected chi connectivity index (χ3v) is 6.54. The molecule has 2 aromatic rings. The number of halogens is 1. The highest BCUT2D eigenvalue weighted by Crippen LogP contribution is 2.31. The Hall–Kier alpha value is -2.25. The van der Waals surface area contributed by atoms with Gasteiger partial charge in [0, 0.05) is 42.1 Å². The van der Waals surface area contributed by atoms with Gasteiger partial charge < -0.3 is 10.2 Å². The topological polar surface area (TPSA) is 52.7 Å². The maximum atomic E-state index is 12.9. The summed E-state index contributed by atoms with van der Waals surface area (Å²) in [4.78, 5) is 30.5. The van der Waals surface area contributed by atoms with Crippen LogP contribution in [0, 0.1) is 5.82 Å². The van der Waals surface area contributed by atoms with Gasteiger partial charge in [0.1, 0.15) is 5.82 Å². The molecular weight excluding hydrogens is 377 g/mol. The van der Waals surface area contributed by atoms with Crippen LogP contribution in [0.3, 0.4) is 0 Å². The van der Waals surface area contributed by atoms with Crippen LogP contribution in [-0.2, 0) is 17.6 Å². The fourth-order valence-electron chi connectivity index (χ4n) is 3.89. The van der Waals surface area contributed by atoms with Crippen LogP contribution in [0.4, 0.5) is 10.1 Å². The molecule has 1 aromatic heterocycles. The Balaban J connectivity index is 1.28. The molecule has 5 nitrogen and oxygen atoms in total. The van der Waals surface area contributed by atoms with Crippen molar-refractivity contribution in [3.05, 3.63) is 51.5 Å². The molecule has 0 atom stereocenters. The molecule has 1 aliphatic carbocycles. The van der Waals surface area contributed by atoms with Crippen LogP contribution >= 0.6 is 11.3 Å². The lowest BCUT2D eigenvalue weighted by molar-refractivity contribution is -0.117. The maximum absolute atomic E-state index is 12.9. The Morgan fingerprint density at radius 3 is 2.50 bits per heavy atom. The Morgan fingerprint density at radius 2 is 1.75 bits per heavy atom. The minimum atomic E-state index is -0.328. The minimum absolute atomic E-state index is 0.127. The van der Waals surface area contributed by atoms with Gasteiger partial charge in [-0.25, -0.2) is 4.39 Å². The Labute approximate surface area is 168 Å². The summed E-state index contributed by atoms with van der Waals surface area (Å²) >= 11 is 1.72. The van der Waals surface area contributed by atoms with Crippen molar-refractivity contribution >= 4 is 28.8 Å². The second kappa shape index (κ2) is 8.41. The second-order valence-electron chi connectivity index (χ2n) is 7.38. The van der Waals surface area contributed by atoms with Gasteiger partial charge in [-0.1, -0.05) is 0 Å². The molecule has 2 heterocycles. The molecule has 1 fully saturated rings. The van der Waals surface area contributed by atoms with Gasteiger partial charge in [-0.2, -0.15) is 0 Å². The van der Waals surface area contributed by atoms with Crippen LogP contribution in [0.5, 0.6) is 0 Å². The number of amides is 2. The Morgan fingerprint density at radius 1 is 1.04 bits per heavy atom. The van der Waals surface area contributed by atoms with E-state index in [0.717, 1.165) is 18.4 Å². The number of thiophene rings is 1. The SMILES string of the molecule is O=C(CN1CCN(C(=O)c2csc3c2CCCC3)CC1)Nc1ccc(F)cc1. The summed E-state index contributed by atoms with van der Waals surface area (Å²) < 4.78 is 12.9. The van der Waals surface area contributed by atoms with Crippen LogP contribution in [0.2, 0.25) is 0 Å². The van der Waals surface area contributed by atoms with Gasteiger partial charge in [0.05, 0.1) is 12.1 Å². The number of hydrogen-bond acceptors (Lipinski definition) is 4. The zero-order chi connectivity index (χ0) is 19.5. The van der Waals surface area contributed by atoms with Gasteiger partial charge in [0.2, 0.25) is 5.91 Å². The molecule has 0 spiro atoms. The van der Waals surface area contributed by atoms with Gasteiger partial charge in [-0.15, -0.1) is 11.3 Å². The minimum Gasteiger partial charge on any atom is -0.336 e. The number of nitrogens with zero attached hydrogens (tertiary/aromatic N) is 2. The summed E-state index contributed by atoms with van der Waals surface area (Å²) in [6.07, 6.45) is 4.51. The molecule has 0 saturated carbocycles. The Kier molecular flexibility index (Phi) is 5.73. The summed E-state index contributed by atoms with van der Waals surface area (Å²) in [6.45, 7) is 2.89. The molecule has 0 bridgehead atoms. The predicted molar refractivity (Wildman–Crippen MR) is 108 cm³/mol. The van der Waals surface area contributed by atoms with Gasteiger partial charge in [-0.05, 0) is 55.5 Å². The van der Waals surface area contributed by atoms with Gasteiger partial charge in [-0.3, -0.25) is 14.5 Å². The first-order valence-corrected chi connectivity index (χ1v) is 10.6. The first-order chi connectivity index (χ1) is 13.6. The van der Waals surface area contributed by atoms with Gasteiger partial charge in [0.25, 0.3) is 5.91 Å². The molecule has 28 heavy (non-hydrogen) atoms. The van der Waals surface area contributed by atoms with E-state index in [1.807, 2.05) is 15.2 Å². The van der Waals surface area contributed by atoms with Crippen LogP contribution in [0.15, 0.2) is 29.6 Å². The van der Waals surface area contributed by atoms with E-state index in [-0.39, 0.29) is 24.2 Å². The van der Waals surface area contributed by atoms with E-state index < -0.39 is 0 Å². The monoisotopic (exact) mass is 401 g/mol. The molecule has 1 N–H and O–H groups in total. The van der Waals surface area contributed by atoms with E-state index in [9.17, 15) is 14.0 Å². The first kappa shape index (κ1) is 19.1. The summed E-state index contributed by atoms with van der Waals surface area (Å²) in [5.74, 6) is -0.321. The first-order valence-electron chi connectivity index (χ1n) is 9.76. The standard InChI is InChI=1S/C21H24FN3O2S/c22-15-5-7-16(8-6-15)23-20(26)13-24-9-11-25(12-10-24)21(27)18-14-28-19-4-2-1-3-17(18)19/h5-8,14H,1-4,9-13H2,(H,23,26). The highest BCUT2D eigenvalue weighted by molar-refractivity contribution is 7.10. The van der Waals surface area contributed by atoms with Crippen molar-refractivity contribution in [2.45, 2.75) is 25.7 Å². The van der Waals surface area contributed by atoms with Crippen LogP contribution in [0.25, 0.3) is 0 Å². The number of carbonyl (C=O) groups excluding carboxylic acids is 2. The van der Waals surface area contributed by atoms with E-state index in [0.29, 0.717) is 31.9 Å². The van der Waals surface area contributed by atoms with E-state index in [1.165, 1.54) is 35.4 Å². The van der Waals surface area contributed by atoms with E-state index in [1.54, 1.807) is 23.5 Å². The lowest BCUT2D eigenvalue weighted by Crippen LogP contribution is -2.50. The summed E-state index contributed by atoms with van der Waals surface area (Å²) in [5, 5.41) is 4.81. The van der Waals surface area contributed by atoms with E-state index in [2.05, 4.69) is 5.32 Å². The van der Waals surface area contributed by atoms with Crippen molar-refractivity contribution in [2.24, 2.45) is 0 Å². The average Bonchev–Trinajstić information content (AvgIpc) is 3.14. The number of anilines is 1. The summed E-state index contributed by atoms with van der Waals surface area (Å²) in [7, 11) is 0. The maximum Gasteiger partial charge on any atom is 0.255 e.